The van der Waals surface area contributed by atoms with Crippen LogP contribution in [0.25, 0.3) is 0 Å². The van der Waals surface area contributed by atoms with Crippen LogP contribution in [0.15, 0.2) is 65.6 Å². The van der Waals surface area contributed by atoms with Gasteiger partial charge < -0.3 is 10.4 Å². The summed E-state index contributed by atoms with van der Waals surface area (Å²) in [5.74, 6) is -0.0871. The van der Waals surface area contributed by atoms with Crippen LogP contribution >= 0.6 is 11.8 Å². The minimum absolute atomic E-state index is 0.0871. The first kappa shape index (κ1) is 15.6. The van der Waals surface area contributed by atoms with Gasteiger partial charge in [0.2, 0.25) is 5.91 Å². The summed E-state index contributed by atoms with van der Waals surface area (Å²) in [4.78, 5) is 13.4. The fourth-order valence-corrected chi connectivity index (χ4v) is 2.95. The van der Waals surface area contributed by atoms with E-state index in [2.05, 4.69) is 5.32 Å². The smallest absolute Gasteiger partial charge is 0.238 e. The monoisotopic (exact) mass is 301 g/mol. The number of carbonyl (C=O) groups is 1. The summed E-state index contributed by atoms with van der Waals surface area (Å²) < 4.78 is 0. The quantitative estimate of drug-likeness (QED) is 0.806. The summed E-state index contributed by atoms with van der Waals surface area (Å²) in [6.07, 6.45) is -0.549. The molecule has 0 radical (unpaired) electrons. The second kappa shape index (κ2) is 7.86. The number of hydrogen-bond donors (Lipinski definition) is 2. The van der Waals surface area contributed by atoms with Crippen LogP contribution in [-0.4, -0.2) is 23.7 Å². The van der Waals surface area contributed by atoms with Crippen molar-refractivity contribution in [2.45, 2.75) is 23.2 Å². The molecule has 110 valence electrons. The van der Waals surface area contributed by atoms with Crippen molar-refractivity contribution in [2.24, 2.45) is 0 Å². The van der Waals surface area contributed by atoms with Gasteiger partial charge in [-0.3, -0.25) is 4.79 Å². The second-order valence-electron chi connectivity index (χ2n) is 4.82. The molecule has 21 heavy (non-hydrogen) atoms. The molecule has 0 spiro atoms. The van der Waals surface area contributed by atoms with E-state index in [1.165, 1.54) is 11.8 Å². The van der Waals surface area contributed by atoms with E-state index in [1.807, 2.05) is 60.7 Å². The predicted octanol–water partition coefficient (Wildman–Crippen LogP) is 3.02. The molecular weight excluding hydrogens is 282 g/mol. The maximum atomic E-state index is 12.4. The molecule has 0 aromatic heterocycles. The van der Waals surface area contributed by atoms with Gasteiger partial charge in [-0.25, -0.2) is 0 Å². The van der Waals surface area contributed by atoms with Crippen molar-refractivity contribution >= 4 is 17.7 Å². The molecule has 0 heterocycles. The van der Waals surface area contributed by atoms with E-state index in [1.54, 1.807) is 6.92 Å². The third-order valence-corrected chi connectivity index (χ3v) is 4.18. The van der Waals surface area contributed by atoms with Gasteiger partial charge >= 0.3 is 0 Å². The third-order valence-electron chi connectivity index (χ3n) is 2.91. The normalized spacial score (nSPS) is 13.4. The summed E-state index contributed by atoms with van der Waals surface area (Å²) in [5.41, 5.74) is 0.953. The van der Waals surface area contributed by atoms with Crippen LogP contribution < -0.4 is 5.32 Å². The van der Waals surface area contributed by atoms with E-state index in [4.69, 9.17) is 0 Å². The van der Waals surface area contributed by atoms with Gasteiger partial charge in [0.25, 0.3) is 0 Å². The third kappa shape index (κ3) is 4.92. The largest absolute Gasteiger partial charge is 0.392 e. The van der Waals surface area contributed by atoms with Crippen molar-refractivity contribution in [1.29, 1.82) is 0 Å². The molecule has 2 aromatic carbocycles. The molecule has 0 fully saturated rings. The first-order valence-corrected chi connectivity index (χ1v) is 7.77. The van der Waals surface area contributed by atoms with Gasteiger partial charge in [-0.15, -0.1) is 11.8 Å². The van der Waals surface area contributed by atoms with E-state index in [0.717, 1.165) is 10.5 Å². The Bertz CT molecular complexity index is 558. The van der Waals surface area contributed by atoms with Gasteiger partial charge in [-0.05, 0) is 24.6 Å². The van der Waals surface area contributed by atoms with Gasteiger partial charge in [-0.2, -0.15) is 0 Å². The molecule has 0 bridgehead atoms. The zero-order valence-corrected chi connectivity index (χ0v) is 12.7. The van der Waals surface area contributed by atoms with Crippen molar-refractivity contribution in [3.8, 4) is 0 Å². The number of carbonyl (C=O) groups excluding carboxylic acids is 1. The lowest BCUT2D eigenvalue weighted by Crippen LogP contribution is -2.33. The average Bonchev–Trinajstić information content (AvgIpc) is 2.52. The lowest BCUT2D eigenvalue weighted by Gasteiger charge is -2.17. The van der Waals surface area contributed by atoms with E-state index in [0.29, 0.717) is 0 Å². The molecule has 2 N–H and O–H groups in total. The summed E-state index contributed by atoms with van der Waals surface area (Å²) >= 11 is 1.51. The molecule has 0 saturated carbocycles. The molecule has 0 aliphatic heterocycles. The van der Waals surface area contributed by atoms with Crippen LogP contribution in [-0.2, 0) is 4.79 Å². The number of benzene rings is 2. The highest BCUT2D eigenvalue weighted by Gasteiger charge is 2.21. The number of nitrogens with one attached hydrogen (secondary N) is 1. The topological polar surface area (TPSA) is 49.3 Å². The minimum atomic E-state index is -0.549. The Morgan fingerprint density at radius 2 is 1.67 bits per heavy atom. The predicted molar refractivity (Wildman–Crippen MR) is 86.2 cm³/mol. The van der Waals surface area contributed by atoms with Crippen LogP contribution in [0.5, 0.6) is 0 Å². The molecule has 2 rings (SSSR count). The van der Waals surface area contributed by atoms with Gasteiger partial charge in [0, 0.05) is 11.4 Å². The zero-order valence-electron chi connectivity index (χ0n) is 11.9. The highest BCUT2D eigenvalue weighted by atomic mass is 32.2. The number of thioether (sulfide) groups is 1. The number of hydrogen-bond acceptors (Lipinski definition) is 3. The highest BCUT2D eigenvalue weighted by Crippen LogP contribution is 2.35. The second-order valence-corrected chi connectivity index (χ2v) is 5.99. The number of amides is 1. The Balaban J connectivity index is 2.16. The SMILES string of the molecule is CC(O)CNC(=O)C(Sc1ccccc1)c1ccccc1. The Kier molecular flexibility index (Phi) is 5.84. The average molecular weight is 301 g/mol. The van der Waals surface area contributed by atoms with Crippen LogP contribution in [0.3, 0.4) is 0 Å². The van der Waals surface area contributed by atoms with Crippen molar-refractivity contribution in [3.63, 3.8) is 0 Å². The molecule has 0 saturated heterocycles. The first-order chi connectivity index (χ1) is 10.2. The van der Waals surface area contributed by atoms with Crippen LogP contribution in [0.4, 0.5) is 0 Å². The van der Waals surface area contributed by atoms with Crippen LogP contribution in [0.2, 0.25) is 0 Å². The fourth-order valence-electron chi connectivity index (χ4n) is 1.88. The van der Waals surface area contributed by atoms with Gasteiger partial charge in [0.05, 0.1) is 6.10 Å². The highest BCUT2D eigenvalue weighted by molar-refractivity contribution is 8.00. The van der Waals surface area contributed by atoms with Gasteiger partial charge in [0.1, 0.15) is 5.25 Å². The Morgan fingerprint density at radius 3 is 2.24 bits per heavy atom. The minimum Gasteiger partial charge on any atom is -0.392 e. The van der Waals surface area contributed by atoms with Crippen molar-refractivity contribution < 1.29 is 9.90 Å². The molecule has 0 aliphatic carbocycles. The standard InChI is InChI=1S/C17H19NO2S/c1-13(19)12-18-17(20)16(14-8-4-2-5-9-14)21-15-10-6-3-7-11-15/h2-11,13,16,19H,12H2,1H3,(H,18,20). The molecular formula is C17H19NO2S. The van der Waals surface area contributed by atoms with Crippen molar-refractivity contribution in [1.82, 2.24) is 5.32 Å². The number of rotatable bonds is 6. The Morgan fingerprint density at radius 1 is 1.10 bits per heavy atom. The molecule has 0 aliphatic rings. The van der Waals surface area contributed by atoms with E-state index >= 15 is 0 Å². The Labute approximate surface area is 129 Å². The van der Waals surface area contributed by atoms with Gasteiger partial charge in [0.15, 0.2) is 0 Å². The molecule has 2 unspecified atom stereocenters. The maximum absolute atomic E-state index is 12.4. The molecule has 4 heteroatoms. The van der Waals surface area contributed by atoms with Crippen molar-refractivity contribution in [3.05, 3.63) is 66.2 Å². The summed E-state index contributed by atoms with van der Waals surface area (Å²) in [7, 11) is 0. The van der Waals surface area contributed by atoms with Gasteiger partial charge in [-0.1, -0.05) is 48.5 Å². The van der Waals surface area contributed by atoms with Crippen LogP contribution in [0, 0.1) is 0 Å². The summed E-state index contributed by atoms with van der Waals surface area (Å²) in [5, 5.41) is 11.8. The van der Waals surface area contributed by atoms with E-state index in [-0.39, 0.29) is 17.7 Å². The fraction of sp³-hybridized carbons (Fsp3) is 0.235. The lowest BCUT2D eigenvalue weighted by atomic mass is 10.1. The summed E-state index contributed by atoms with van der Waals surface area (Å²) in [6.45, 7) is 1.92. The number of aliphatic hydroxyl groups is 1. The summed E-state index contributed by atoms with van der Waals surface area (Å²) in [6, 6.07) is 19.5. The molecule has 1 amide bonds. The zero-order chi connectivity index (χ0) is 15.1. The molecule has 3 nitrogen and oxygen atoms in total. The van der Waals surface area contributed by atoms with E-state index in [9.17, 15) is 9.90 Å². The Hall–Kier alpha value is -1.78. The van der Waals surface area contributed by atoms with Crippen LogP contribution in [0.1, 0.15) is 17.7 Å². The molecule has 2 aromatic rings. The van der Waals surface area contributed by atoms with E-state index < -0.39 is 6.10 Å². The number of aliphatic hydroxyl groups excluding tert-OH is 1. The first-order valence-electron chi connectivity index (χ1n) is 6.89. The maximum Gasteiger partial charge on any atom is 0.238 e. The molecule has 2 atom stereocenters. The lowest BCUT2D eigenvalue weighted by molar-refractivity contribution is -0.121. The van der Waals surface area contributed by atoms with Crippen molar-refractivity contribution in [2.75, 3.05) is 6.54 Å².